The van der Waals surface area contributed by atoms with E-state index in [-0.39, 0.29) is 6.10 Å². The minimum absolute atomic E-state index is 0.181. The second-order valence-corrected chi connectivity index (χ2v) is 5.51. The van der Waals surface area contributed by atoms with Crippen molar-refractivity contribution in [1.82, 2.24) is 0 Å². The Labute approximate surface area is 123 Å². The minimum atomic E-state index is -0.689. The van der Waals surface area contributed by atoms with Gasteiger partial charge < -0.3 is 10.2 Å². The number of carbonyl (C=O) groups is 1. The van der Waals surface area contributed by atoms with E-state index in [0.29, 0.717) is 6.42 Å². The number of aliphatic carboxylic acids is 1. The van der Waals surface area contributed by atoms with Gasteiger partial charge in [0.25, 0.3) is 0 Å². The van der Waals surface area contributed by atoms with Crippen LogP contribution in [0.1, 0.15) is 83.5 Å². The van der Waals surface area contributed by atoms with E-state index in [1.54, 1.807) is 0 Å². The quantitative estimate of drug-likeness (QED) is 0.372. The van der Waals surface area contributed by atoms with Gasteiger partial charge in [-0.15, -0.1) is 12.3 Å². The second kappa shape index (κ2) is 14.4. The molecule has 0 amide bonds. The molecule has 0 bridgehead atoms. The normalized spacial score (nSPS) is 12.0. The van der Waals surface area contributed by atoms with Crippen LogP contribution in [0.5, 0.6) is 0 Å². The lowest BCUT2D eigenvalue weighted by Crippen LogP contribution is -2.05. The summed E-state index contributed by atoms with van der Waals surface area (Å²) in [5.74, 6) is 1.90. The summed E-state index contributed by atoms with van der Waals surface area (Å²) in [5.41, 5.74) is 0. The molecule has 0 aliphatic heterocycles. The SMILES string of the molecule is C#CCCCC(O)CCCCCCCCCCC(=O)O. The minimum Gasteiger partial charge on any atom is -0.481 e. The second-order valence-electron chi connectivity index (χ2n) is 5.51. The van der Waals surface area contributed by atoms with Crippen molar-refractivity contribution < 1.29 is 15.0 Å². The third kappa shape index (κ3) is 15.0. The number of rotatable bonds is 14. The fourth-order valence-electron chi connectivity index (χ4n) is 2.30. The van der Waals surface area contributed by atoms with E-state index in [0.717, 1.165) is 51.4 Å². The maximum Gasteiger partial charge on any atom is 0.303 e. The van der Waals surface area contributed by atoms with Gasteiger partial charge in [-0.25, -0.2) is 0 Å². The van der Waals surface area contributed by atoms with Gasteiger partial charge in [0.1, 0.15) is 0 Å². The van der Waals surface area contributed by atoms with Gasteiger partial charge in [-0.1, -0.05) is 44.9 Å². The lowest BCUT2D eigenvalue weighted by Gasteiger charge is -2.09. The van der Waals surface area contributed by atoms with Crippen LogP contribution in [0.4, 0.5) is 0 Å². The van der Waals surface area contributed by atoms with Crippen LogP contribution in [0.3, 0.4) is 0 Å². The first-order valence-corrected chi connectivity index (χ1v) is 8.00. The molecule has 2 N–H and O–H groups in total. The Bertz CT molecular complexity index is 268. The van der Waals surface area contributed by atoms with E-state index in [2.05, 4.69) is 5.92 Å². The van der Waals surface area contributed by atoms with Crippen LogP contribution in [0.25, 0.3) is 0 Å². The lowest BCUT2D eigenvalue weighted by molar-refractivity contribution is -0.137. The van der Waals surface area contributed by atoms with Crippen molar-refractivity contribution in [2.45, 2.75) is 89.6 Å². The van der Waals surface area contributed by atoms with Gasteiger partial charge in [0.05, 0.1) is 6.10 Å². The summed E-state index contributed by atoms with van der Waals surface area (Å²) in [6.07, 6.45) is 17.6. The highest BCUT2D eigenvalue weighted by Gasteiger charge is 2.03. The van der Waals surface area contributed by atoms with Crippen molar-refractivity contribution in [3.05, 3.63) is 0 Å². The predicted octanol–water partition coefficient (Wildman–Crippen LogP) is 4.14. The largest absolute Gasteiger partial charge is 0.481 e. The molecule has 1 atom stereocenters. The fourth-order valence-corrected chi connectivity index (χ4v) is 2.30. The molecule has 0 aromatic heterocycles. The standard InChI is InChI=1S/C17H30O3/c1-2-3-10-13-16(18)14-11-8-6-4-5-7-9-12-15-17(19)20/h1,16,18H,3-15H2,(H,19,20). The van der Waals surface area contributed by atoms with Crippen LogP contribution in [0.2, 0.25) is 0 Å². The van der Waals surface area contributed by atoms with Crippen LogP contribution in [0.15, 0.2) is 0 Å². The predicted molar refractivity (Wildman–Crippen MR) is 82.5 cm³/mol. The van der Waals surface area contributed by atoms with Crippen molar-refractivity contribution in [1.29, 1.82) is 0 Å². The van der Waals surface area contributed by atoms with Crippen LogP contribution in [-0.4, -0.2) is 22.3 Å². The van der Waals surface area contributed by atoms with Crippen molar-refractivity contribution >= 4 is 5.97 Å². The van der Waals surface area contributed by atoms with Crippen molar-refractivity contribution in [2.24, 2.45) is 0 Å². The van der Waals surface area contributed by atoms with E-state index < -0.39 is 5.97 Å². The first-order chi connectivity index (χ1) is 9.66. The van der Waals surface area contributed by atoms with Crippen molar-refractivity contribution in [3.63, 3.8) is 0 Å². The first-order valence-electron chi connectivity index (χ1n) is 8.00. The highest BCUT2D eigenvalue weighted by molar-refractivity contribution is 5.66. The number of hydrogen-bond donors (Lipinski definition) is 2. The Morgan fingerprint density at radius 1 is 0.900 bits per heavy atom. The summed E-state index contributed by atoms with van der Waals surface area (Å²) in [5, 5.41) is 18.2. The van der Waals surface area contributed by atoms with Gasteiger partial charge in [-0.3, -0.25) is 4.79 Å². The number of unbranched alkanes of at least 4 members (excludes halogenated alkanes) is 8. The Morgan fingerprint density at radius 2 is 1.40 bits per heavy atom. The fraction of sp³-hybridized carbons (Fsp3) is 0.824. The average molecular weight is 282 g/mol. The average Bonchev–Trinajstić information content (AvgIpc) is 2.41. The summed E-state index contributed by atoms with van der Waals surface area (Å²) in [6, 6.07) is 0. The summed E-state index contributed by atoms with van der Waals surface area (Å²) in [4.78, 5) is 10.3. The Balaban J connectivity index is 3.12. The molecule has 3 heteroatoms. The van der Waals surface area contributed by atoms with Gasteiger partial charge in [-0.05, 0) is 25.7 Å². The van der Waals surface area contributed by atoms with Gasteiger partial charge in [-0.2, -0.15) is 0 Å². The van der Waals surface area contributed by atoms with E-state index in [1.165, 1.54) is 25.7 Å². The molecule has 0 aromatic carbocycles. The Hall–Kier alpha value is -1.01. The van der Waals surface area contributed by atoms with Gasteiger partial charge in [0, 0.05) is 12.8 Å². The molecule has 20 heavy (non-hydrogen) atoms. The smallest absolute Gasteiger partial charge is 0.303 e. The van der Waals surface area contributed by atoms with E-state index >= 15 is 0 Å². The molecular weight excluding hydrogens is 252 g/mol. The molecular formula is C17H30O3. The molecule has 0 heterocycles. The molecule has 0 aliphatic carbocycles. The summed E-state index contributed by atoms with van der Waals surface area (Å²) >= 11 is 0. The number of hydrogen-bond acceptors (Lipinski definition) is 2. The number of aliphatic hydroxyl groups is 1. The molecule has 116 valence electrons. The number of carboxylic acid groups (broad SMARTS) is 1. The molecule has 0 fully saturated rings. The maximum atomic E-state index is 10.3. The number of terminal acetylenes is 1. The van der Waals surface area contributed by atoms with Crippen LogP contribution in [-0.2, 0) is 4.79 Å². The lowest BCUT2D eigenvalue weighted by atomic mass is 10.0. The van der Waals surface area contributed by atoms with Crippen LogP contribution < -0.4 is 0 Å². The summed E-state index contributed by atoms with van der Waals surface area (Å²) < 4.78 is 0. The molecule has 0 radical (unpaired) electrons. The van der Waals surface area contributed by atoms with Crippen LogP contribution in [0, 0.1) is 12.3 Å². The van der Waals surface area contributed by atoms with Crippen molar-refractivity contribution in [3.8, 4) is 12.3 Å². The summed E-state index contributed by atoms with van der Waals surface area (Å²) in [6.45, 7) is 0. The van der Waals surface area contributed by atoms with Gasteiger partial charge in [0.2, 0.25) is 0 Å². The third-order valence-electron chi connectivity index (χ3n) is 3.54. The maximum absolute atomic E-state index is 10.3. The third-order valence-corrected chi connectivity index (χ3v) is 3.54. The number of carboxylic acids is 1. The zero-order valence-electron chi connectivity index (χ0n) is 12.6. The molecule has 3 nitrogen and oxygen atoms in total. The molecule has 0 spiro atoms. The molecule has 0 saturated heterocycles. The van der Waals surface area contributed by atoms with Gasteiger partial charge in [0.15, 0.2) is 0 Å². The summed E-state index contributed by atoms with van der Waals surface area (Å²) in [7, 11) is 0. The van der Waals surface area contributed by atoms with Crippen molar-refractivity contribution in [2.75, 3.05) is 0 Å². The first kappa shape index (κ1) is 19.0. The van der Waals surface area contributed by atoms with E-state index in [1.807, 2.05) is 0 Å². The Morgan fingerprint density at radius 3 is 1.95 bits per heavy atom. The monoisotopic (exact) mass is 282 g/mol. The van der Waals surface area contributed by atoms with Gasteiger partial charge >= 0.3 is 5.97 Å². The molecule has 0 rings (SSSR count). The zero-order valence-corrected chi connectivity index (χ0v) is 12.6. The molecule has 1 unspecified atom stereocenters. The highest BCUT2D eigenvalue weighted by Crippen LogP contribution is 2.13. The zero-order chi connectivity index (χ0) is 15.1. The van der Waals surface area contributed by atoms with Crippen LogP contribution >= 0.6 is 0 Å². The molecule has 0 saturated carbocycles. The molecule has 0 aromatic rings. The van der Waals surface area contributed by atoms with E-state index in [9.17, 15) is 9.90 Å². The number of aliphatic hydroxyl groups excluding tert-OH is 1. The highest BCUT2D eigenvalue weighted by atomic mass is 16.4. The van der Waals surface area contributed by atoms with E-state index in [4.69, 9.17) is 11.5 Å². The Kier molecular flexibility index (Phi) is 13.7. The topological polar surface area (TPSA) is 57.5 Å². The molecule has 0 aliphatic rings.